The Hall–Kier alpha value is -1.17. The van der Waals surface area contributed by atoms with Gasteiger partial charge >= 0.3 is 0 Å². The lowest BCUT2D eigenvalue weighted by atomic mass is 9.51. The number of fused-ring (bicyclic) bond motifs is 5. The van der Waals surface area contributed by atoms with Crippen LogP contribution in [0.5, 0.6) is 5.75 Å². The Morgan fingerprint density at radius 1 is 1.19 bits per heavy atom. The highest BCUT2D eigenvalue weighted by atomic mass is 28.4. The van der Waals surface area contributed by atoms with Crippen LogP contribution in [0.4, 0.5) is 0 Å². The van der Waals surface area contributed by atoms with E-state index in [0.717, 1.165) is 31.4 Å². The summed E-state index contributed by atoms with van der Waals surface area (Å²) in [5.41, 5.74) is 2.50. The Bertz CT molecular complexity index is 869. The van der Waals surface area contributed by atoms with Crippen molar-refractivity contribution in [1.82, 2.24) is 0 Å². The predicted octanol–water partition coefficient (Wildman–Crippen LogP) is 5.32. The molecule has 2 saturated carbocycles. The summed E-state index contributed by atoms with van der Waals surface area (Å²) in [5.74, 6) is 2.54. The maximum atomic E-state index is 12.8. The van der Waals surface area contributed by atoms with Gasteiger partial charge in [-0.3, -0.25) is 4.79 Å². The number of rotatable bonds is 5. The monoisotopic (exact) mass is 458 g/mol. The highest BCUT2D eigenvalue weighted by Gasteiger charge is 2.57. The lowest BCUT2D eigenvalue weighted by Crippen LogP contribution is -2.49. The van der Waals surface area contributed by atoms with Crippen molar-refractivity contribution >= 4 is 14.1 Å². The number of aliphatic hydroxyl groups is 2. The molecule has 1 aromatic rings. The van der Waals surface area contributed by atoms with Gasteiger partial charge in [-0.25, -0.2) is 0 Å². The van der Waals surface area contributed by atoms with Crippen molar-refractivity contribution in [3.63, 3.8) is 0 Å². The lowest BCUT2D eigenvalue weighted by Gasteiger charge is -2.53. The van der Waals surface area contributed by atoms with Gasteiger partial charge in [-0.05, 0) is 90.7 Å². The summed E-state index contributed by atoms with van der Waals surface area (Å²) in [6.07, 6.45) is 4.45. The molecule has 1 aromatic carbocycles. The minimum atomic E-state index is -1.93. The Balaban J connectivity index is 1.72. The molecule has 2 N–H and O–H groups in total. The number of ketones is 1. The average molecular weight is 459 g/mol. The third kappa shape index (κ3) is 3.78. The van der Waals surface area contributed by atoms with Gasteiger partial charge in [-0.2, -0.15) is 0 Å². The van der Waals surface area contributed by atoms with Crippen LogP contribution in [0.25, 0.3) is 0 Å². The molecule has 0 amide bonds. The van der Waals surface area contributed by atoms with E-state index in [-0.39, 0.29) is 35.5 Å². The molecule has 5 atom stereocenters. The lowest BCUT2D eigenvalue weighted by molar-refractivity contribution is -0.130. The van der Waals surface area contributed by atoms with Crippen LogP contribution in [-0.2, 0) is 11.2 Å². The average Bonchev–Trinajstić information content (AvgIpc) is 3.02. The highest BCUT2D eigenvalue weighted by molar-refractivity contribution is 6.74. The van der Waals surface area contributed by atoms with Crippen LogP contribution in [0.3, 0.4) is 0 Å². The van der Waals surface area contributed by atoms with E-state index in [1.165, 1.54) is 11.1 Å². The Morgan fingerprint density at radius 3 is 2.50 bits per heavy atom. The van der Waals surface area contributed by atoms with E-state index in [4.69, 9.17) is 4.43 Å². The van der Waals surface area contributed by atoms with Crippen molar-refractivity contribution in [2.75, 3.05) is 13.2 Å². The van der Waals surface area contributed by atoms with Crippen molar-refractivity contribution in [2.45, 2.75) is 83.8 Å². The number of hydrogen-bond donors (Lipinski definition) is 2. The Morgan fingerprint density at radius 2 is 1.88 bits per heavy atom. The van der Waals surface area contributed by atoms with E-state index in [2.05, 4.69) is 59.0 Å². The van der Waals surface area contributed by atoms with Crippen molar-refractivity contribution in [3.8, 4) is 5.75 Å². The van der Waals surface area contributed by atoms with Gasteiger partial charge in [-0.15, -0.1) is 0 Å². The molecule has 5 heteroatoms. The Kier molecular flexibility index (Phi) is 6.18. The van der Waals surface area contributed by atoms with Gasteiger partial charge in [0.15, 0.2) is 0 Å². The van der Waals surface area contributed by atoms with E-state index in [1.807, 2.05) is 0 Å². The maximum absolute atomic E-state index is 12.8. The number of aliphatic hydroxyl groups excluding tert-OH is 2. The zero-order valence-corrected chi connectivity index (χ0v) is 21.8. The smallest absolute Gasteiger partial charge is 0.250 e. The van der Waals surface area contributed by atoms with Crippen molar-refractivity contribution in [2.24, 2.45) is 29.1 Å². The molecule has 0 radical (unpaired) electrons. The van der Waals surface area contributed by atoms with Gasteiger partial charge in [-0.1, -0.05) is 33.8 Å². The van der Waals surface area contributed by atoms with E-state index < -0.39 is 8.32 Å². The van der Waals surface area contributed by atoms with Crippen LogP contribution in [0, 0.1) is 29.1 Å². The van der Waals surface area contributed by atoms with Crippen LogP contribution < -0.4 is 4.43 Å². The zero-order chi connectivity index (χ0) is 23.5. The van der Waals surface area contributed by atoms with Crippen molar-refractivity contribution in [3.05, 3.63) is 29.3 Å². The van der Waals surface area contributed by atoms with Gasteiger partial charge in [0.05, 0.1) is 0 Å². The van der Waals surface area contributed by atoms with Crippen molar-refractivity contribution in [1.29, 1.82) is 0 Å². The molecule has 0 aromatic heterocycles. The van der Waals surface area contributed by atoms with Crippen LogP contribution >= 0.6 is 0 Å². The van der Waals surface area contributed by atoms with Crippen LogP contribution in [0.2, 0.25) is 18.1 Å². The van der Waals surface area contributed by atoms with E-state index in [0.29, 0.717) is 30.0 Å². The second-order valence-corrected chi connectivity index (χ2v) is 17.1. The molecule has 4 nitrogen and oxygen atoms in total. The summed E-state index contributed by atoms with van der Waals surface area (Å²) in [7, 11) is -1.93. The molecular weight excluding hydrogens is 416 g/mol. The number of Topliss-reactive ketones (excluding diaryl/α,β-unsaturated/α-hetero) is 1. The fourth-order valence-corrected chi connectivity index (χ4v) is 7.78. The van der Waals surface area contributed by atoms with Gasteiger partial charge in [0.2, 0.25) is 8.32 Å². The maximum Gasteiger partial charge on any atom is 0.250 e. The molecule has 4 rings (SSSR count). The summed E-state index contributed by atoms with van der Waals surface area (Å²) < 4.78 is 6.61. The van der Waals surface area contributed by atoms with E-state index in [9.17, 15) is 15.0 Å². The molecule has 0 saturated heterocycles. The second-order valence-electron chi connectivity index (χ2n) is 12.4. The highest BCUT2D eigenvalue weighted by Crippen LogP contribution is 2.62. The van der Waals surface area contributed by atoms with Gasteiger partial charge < -0.3 is 14.6 Å². The molecular formula is C27H42O4Si. The molecule has 2 fully saturated rings. The van der Waals surface area contributed by atoms with Crippen LogP contribution in [0.15, 0.2) is 18.2 Å². The molecule has 3 aliphatic carbocycles. The summed E-state index contributed by atoms with van der Waals surface area (Å²) in [6.45, 7) is 13.5. The summed E-state index contributed by atoms with van der Waals surface area (Å²) in [6, 6.07) is 6.66. The quantitative estimate of drug-likeness (QED) is 0.586. The largest absolute Gasteiger partial charge is 0.543 e. The first-order valence-electron chi connectivity index (χ1n) is 12.5. The van der Waals surface area contributed by atoms with Gasteiger partial charge in [0, 0.05) is 31.0 Å². The van der Waals surface area contributed by atoms with E-state index in [1.54, 1.807) is 0 Å². The summed E-state index contributed by atoms with van der Waals surface area (Å²) in [4.78, 5) is 12.8. The summed E-state index contributed by atoms with van der Waals surface area (Å²) >= 11 is 0. The minimum Gasteiger partial charge on any atom is -0.543 e. The van der Waals surface area contributed by atoms with Crippen LogP contribution in [0.1, 0.15) is 70.4 Å². The zero-order valence-electron chi connectivity index (χ0n) is 20.8. The third-order valence-electron chi connectivity index (χ3n) is 9.76. The van der Waals surface area contributed by atoms with Gasteiger partial charge in [0.25, 0.3) is 0 Å². The second kappa shape index (κ2) is 8.25. The number of carbonyl (C=O) groups excluding carboxylic acids is 1. The molecule has 0 unspecified atom stereocenters. The molecule has 3 aliphatic rings. The van der Waals surface area contributed by atoms with E-state index >= 15 is 0 Å². The normalized spacial score (nSPS) is 32.5. The number of carbonyl (C=O) groups is 1. The first kappa shape index (κ1) is 24.0. The SMILES string of the molecule is CC(C)(C)[Si](C)(C)Oc1ccc2c(c1)C[C@@H](C(CO)CO)[C@@H]1[C@@H]2CC[C@]2(C)C(=O)CC[C@@H]12. The fourth-order valence-electron chi connectivity index (χ4n) is 6.76. The number of benzene rings is 1. The Labute approximate surface area is 194 Å². The van der Waals surface area contributed by atoms with Crippen LogP contribution in [-0.4, -0.2) is 37.5 Å². The van der Waals surface area contributed by atoms with Gasteiger partial charge in [0.1, 0.15) is 11.5 Å². The minimum absolute atomic E-state index is 0.00272. The predicted molar refractivity (Wildman–Crippen MR) is 130 cm³/mol. The molecule has 178 valence electrons. The fraction of sp³-hybridized carbons (Fsp3) is 0.741. The molecule has 0 aliphatic heterocycles. The van der Waals surface area contributed by atoms with Crippen molar-refractivity contribution < 1.29 is 19.4 Å². The molecule has 0 spiro atoms. The standard InChI is InChI=1S/C27H42O4Si/c1-26(2,3)32(5,6)31-19-7-8-20-17(13-19)14-22(18(15-28)16-29)25-21(20)11-12-27(4)23(25)9-10-24(27)30/h7-8,13,18,21-23,25,28-29H,9-12,14-16H2,1-6H3/t21-,22+,23+,25+,27+/m1/s1. The first-order valence-corrected chi connectivity index (χ1v) is 15.4. The third-order valence-corrected chi connectivity index (χ3v) is 14.1. The topological polar surface area (TPSA) is 66.8 Å². The number of hydrogen-bond acceptors (Lipinski definition) is 4. The molecule has 32 heavy (non-hydrogen) atoms. The molecule has 0 heterocycles. The summed E-state index contributed by atoms with van der Waals surface area (Å²) in [5, 5.41) is 20.4. The first-order chi connectivity index (χ1) is 14.9. The molecule has 0 bridgehead atoms.